The van der Waals surface area contributed by atoms with E-state index in [2.05, 4.69) is 168 Å². The molecule has 9 rings (SSSR count). The van der Waals surface area contributed by atoms with Gasteiger partial charge in [0.25, 0.3) is 0 Å². The highest BCUT2D eigenvalue weighted by Crippen LogP contribution is 2.48. The Morgan fingerprint density at radius 2 is 1.11 bits per heavy atom. The smallest absolute Gasteiger partial charge is 0.146 e. The van der Waals surface area contributed by atoms with E-state index in [1.54, 1.807) is 0 Å². The molecular formula is C41H27N2PS. The van der Waals surface area contributed by atoms with Crippen molar-refractivity contribution in [1.29, 1.82) is 0 Å². The van der Waals surface area contributed by atoms with Crippen LogP contribution in [0.25, 0.3) is 60.3 Å². The number of para-hydroxylation sites is 3. The van der Waals surface area contributed by atoms with Crippen LogP contribution in [-0.4, -0.2) is 9.38 Å². The molecule has 0 spiro atoms. The molecule has 2 aromatic heterocycles. The first-order valence-corrected chi connectivity index (χ1v) is 18.0. The summed E-state index contributed by atoms with van der Waals surface area (Å²) in [6.45, 7) is 0. The highest BCUT2D eigenvalue weighted by molar-refractivity contribution is 8.25. The van der Waals surface area contributed by atoms with Crippen LogP contribution in [0.5, 0.6) is 0 Å². The van der Waals surface area contributed by atoms with Gasteiger partial charge >= 0.3 is 0 Å². The Bertz CT molecular complexity index is 2580. The minimum atomic E-state index is -2.44. The van der Waals surface area contributed by atoms with Crippen molar-refractivity contribution in [3.8, 4) is 11.1 Å². The predicted octanol–water partition coefficient (Wildman–Crippen LogP) is 9.37. The summed E-state index contributed by atoms with van der Waals surface area (Å²) < 4.78 is 2.32. The van der Waals surface area contributed by atoms with E-state index in [-0.39, 0.29) is 0 Å². The van der Waals surface area contributed by atoms with Gasteiger partial charge in [0, 0.05) is 22.1 Å². The Labute approximate surface area is 266 Å². The fourth-order valence-electron chi connectivity index (χ4n) is 7.00. The Kier molecular flexibility index (Phi) is 5.99. The summed E-state index contributed by atoms with van der Waals surface area (Å²) in [6.07, 6.45) is 0. The van der Waals surface area contributed by atoms with Crippen LogP contribution in [0.2, 0.25) is 0 Å². The minimum Gasteiger partial charge on any atom is -0.292 e. The van der Waals surface area contributed by atoms with Crippen LogP contribution in [0.3, 0.4) is 0 Å². The molecule has 0 aliphatic heterocycles. The van der Waals surface area contributed by atoms with Gasteiger partial charge in [-0.3, -0.25) is 4.40 Å². The largest absolute Gasteiger partial charge is 0.292 e. The van der Waals surface area contributed by atoms with Gasteiger partial charge in [-0.05, 0) is 62.2 Å². The Hall–Kier alpha value is -5.08. The lowest BCUT2D eigenvalue weighted by Gasteiger charge is -2.28. The van der Waals surface area contributed by atoms with Crippen molar-refractivity contribution in [2.75, 3.05) is 0 Å². The third kappa shape index (κ3) is 3.95. The normalized spacial score (nSPS) is 12.1. The van der Waals surface area contributed by atoms with Crippen molar-refractivity contribution in [2.24, 2.45) is 0 Å². The number of pyridine rings is 1. The maximum atomic E-state index is 6.93. The van der Waals surface area contributed by atoms with E-state index in [1.807, 2.05) is 0 Å². The molecule has 4 heteroatoms. The first-order chi connectivity index (χ1) is 22.2. The highest BCUT2D eigenvalue weighted by Gasteiger charge is 2.29. The fraction of sp³-hybridized carbons (Fsp3) is 0. The average Bonchev–Trinajstić information content (AvgIpc) is 3.52. The summed E-state index contributed by atoms with van der Waals surface area (Å²) in [6, 6.07) is 56.2. The molecular weight excluding hydrogens is 584 g/mol. The molecule has 0 aliphatic rings. The maximum absolute atomic E-state index is 6.93. The zero-order chi connectivity index (χ0) is 30.0. The van der Waals surface area contributed by atoms with Gasteiger partial charge in [0.15, 0.2) is 0 Å². The van der Waals surface area contributed by atoms with Crippen LogP contribution in [0.15, 0.2) is 164 Å². The van der Waals surface area contributed by atoms with Crippen LogP contribution >= 0.6 is 6.04 Å². The van der Waals surface area contributed by atoms with Crippen molar-refractivity contribution in [3.05, 3.63) is 164 Å². The second-order valence-electron chi connectivity index (χ2n) is 11.5. The van der Waals surface area contributed by atoms with Crippen molar-refractivity contribution in [2.45, 2.75) is 0 Å². The molecule has 0 amide bonds. The van der Waals surface area contributed by atoms with E-state index >= 15 is 0 Å². The maximum Gasteiger partial charge on any atom is 0.146 e. The SMILES string of the molecule is S=P(c1ccccc1)(c1ccccc1)c1ccc2ccccc2c1-c1ccc2c3ccccc3n3c4ccccc4nc3c2c1. The number of nitrogens with zero attached hydrogens (tertiary/aromatic N) is 2. The van der Waals surface area contributed by atoms with Crippen LogP contribution in [0.1, 0.15) is 0 Å². The lowest BCUT2D eigenvalue weighted by atomic mass is 9.95. The van der Waals surface area contributed by atoms with E-state index < -0.39 is 6.04 Å². The van der Waals surface area contributed by atoms with Gasteiger partial charge < -0.3 is 0 Å². The summed E-state index contributed by atoms with van der Waals surface area (Å²) in [5.41, 5.74) is 6.60. The fourth-order valence-corrected chi connectivity index (χ4v) is 11.1. The van der Waals surface area contributed by atoms with Crippen LogP contribution in [0, 0.1) is 0 Å². The van der Waals surface area contributed by atoms with Crippen LogP contribution in [0.4, 0.5) is 0 Å². The Morgan fingerprint density at radius 1 is 0.489 bits per heavy atom. The Balaban J connectivity index is 1.43. The molecule has 212 valence electrons. The number of hydrogen-bond donors (Lipinski definition) is 0. The summed E-state index contributed by atoms with van der Waals surface area (Å²) >= 11 is 6.93. The number of fused-ring (bicyclic) bond motifs is 9. The molecule has 0 unspecified atom stereocenters. The average molecular weight is 611 g/mol. The number of imidazole rings is 1. The zero-order valence-corrected chi connectivity index (χ0v) is 26.0. The molecule has 7 aromatic carbocycles. The molecule has 0 fully saturated rings. The number of benzene rings is 7. The highest BCUT2D eigenvalue weighted by atomic mass is 32.4. The third-order valence-electron chi connectivity index (χ3n) is 9.03. The second-order valence-corrected chi connectivity index (χ2v) is 15.9. The third-order valence-corrected chi connectivity index (χ3v) is 14.0. The van der Waals surface area contributed by atoms with Gasteiger partial charge in [-0.15, -0.1) is 0 Å². The van der Waals surface area contributed by atoms with Gasteiger partial charge in [-0.2, -0.15) is 0 Å². The molecule has 0 N–H and O–H groups in total. The van der Waals surface area contributed by atoms with Gasteiger partial charge in [0.2, 0.25) is 0 Å². The number of hydrogen-bond acceptors (Lipinski definition) is 2. The molecule has 2 heterocycles. The molecule has 45 heavy (non-hydrogen) atoms. The van der Waals surface area contributed by atoms with Crippen molar-refractivity contribution in [3.63, 3.8) is 0 Å². The standard InChI is InChI=1S/C41H27N2PS/c45-44(30-14-3-1-4-15-30,31-16-5-2-6-17-31)39-26-24-28-13-7-8-18-32(28)40(39)29-23-25-33-34-19-9-11-21-37(34)43-38-22-12-10-20-36(38)42-41(43)35(33)27-29/h1-27H. The lowest BCUT2D eigenvalue weighted by molar-refractivity contribution is 1.31. The zero-order valence-electron chi connectivity index (χ0n) is 24.3. The summed E-state index contributed by atoms with van der Waals surface area (Å²) in [5, 5.41) is 9.55. The molecule has 0 aliphatic carbocycles. The molecule has 9 aromatic rings. The minimum absolute atomic E-state index is 0.971. The second kappa shape index (κ2) is 10.2. The van der Waals surface area contributed by atoms with Crippen molar-refractivity contribution in [1.82, 2.24) is 9.38 Å². The van der Waals surface area contributed by atoms with E-state index in [0.717, 1.165) is 33.1 Å². The molecule has 2 nitrogen and oxygen atoms in total. The number of aromatic nitrogens is 2. The van der Waals surface area contributed by atoms with E-state index in [4.69, 9.17) is 16.8 Å². The molecule has 0 atom stereocenters. The summed E-state index contributed by atoms with van der Waals surface area (Å²) in [4.78, 5) is 5.21. The van der Waals surface area contributed by atoms with Gasteiger partial charge in [-0.25, -0.2) is 4.98 Å². The monoisotopic (exact) mass is 610 g/mol. The Morgan fingerprint density at radius 3 is 1.87 bits per heavy atom. The predicted molar refractivity (Wildman–Crippen MR) is 197 cm³/mol. The first kappa shape index (κ1) is 26.3. The van der Waals surface area contributed by atoms with Crippen LogP contribution < -0.4 is 15.9 Å². The van der Waals surface area contributed by atoms with E-state index in [1.165, 1.54) is 43.0 Å². The van der Waals surface area contributed by atoms with Crippen molar-refractivity contribution < 1.29 is 0 Å². The molecule has 0 saturated carbocycles. The molecule has 0 radical (unpaired) electrons. The quantitative estimate of drug-likeness (QED) is 0.146. The van der Waals surface area contributed by atoms with Gasteiger partial charge in [0.1, 0.15) is 5.65 Å². The molecule has 0 saturated heterocycles. The summed E-state index contributed by atoms with van der Waals surface area (Å²) in [7, 11) is 0. The summed E-state index contributed by atoms with van der Waals surface area (Å²) in [5.74, 6) is 0. The van der Waals surface area contributed by atoms with Crippen LogP contribution in [-0.2, 0) is 11.8 Å². The van der Waals surface area contributed by atoms with E-state index in [0.29, 0.717) is 0 Å². The number of rotatable bonds is 4. The van der Waals surface area contributed by atoms with E-state index in [9.17, 15) is 0 Å². The van der Waals surface area contributed by atoms with Crippen molar-refractivity contribution >= 4 is 82.9 Å². The van der Waals surface area contributed by atoms with Gasteiger partial charge in [-0.1, -0.05) is 151 Å². The lowest BCUT2D eigenvalue weighted by Crippen LogP contribution is -2.26. The topological polar surface area (TPSA) is 17.3 Å². The first-order valence-electron chi connectivity index (χ1n) is 15.2. The molecule has 0 bridgehead atoms. The van der Waals surface area contributed by atoms with Gasteiger partial charge in [0.05, 0.1) is 16.6 Å².